The molecule has 1 aromatic rings. The molecule has 90 valence electrons. The van der Waals surface area contributed by atoms with Crippen LogP contribution in [0.5, 0.6) is 0 Å². The Morgan fingerprint density at radius 1 is 1.12 bits per heavy atom. The van der Waals surface area contributed by atoms with Gasteiger partial charge in [0, 0.05) is 5.56 Å². The molecule has 3 N–H and O–H groups in total. The summed E-state index contributed by atoms with van der Waals surface area (Å²) in [6.07, 6.45) is 0. The number of carboxylic acids is 2. The van der Waals surface area contributed by atoms with Crippen LogP contribution in [0.15, 0.2) is 24.3 Å². The highest BCUT2D eigenvalue weighted by Crippen LogP contribution is 2.15. The molecule has 0 fully saturated rings. The van der Waals surface area contributed by atoms with E-state index in [9.17, 15) is 19.5 Å². The lowest BCUT2D eigenvalue weighted by Gasteiger charge is -2.16. The third-order valence-electron chi connectivity index (χ3n) is 2.23. The van der Waals surface area contributed by atoms with Crippen LogP contribution in [0.3, 0.4) is 0 Å². The maximum absolute atomic E-state index is 11.7. The topological polar surface area (TPSA) is 112 Å². The van der Waals surface area contributed by atoms with E-state index in [2.05, 4.69) is 0 Å². The quantitative estimate of drug-likeness (QED) is 0.517. The Hall–Kier alpha value is -2.21. The molecular weight excluding hydrogens is 228 g/mol. The number of benzene rings is 1. The molecule has 17 heavy (non-hydrogen) atoms. The number of aliphatic hydroxyl groups is 1. The highest BCUT2D eigenvalue weighted by atomic mass is 16.4. The van der Waals surface area contributed by atoms with E-state index >= 15 is 0 Å². The molecule has 1 aromatic carbocycles. The number of carbonyl (C=O) groups excluding carboxylic acids is 1. The van der Waals surface area contributed by atoms with Gasteiger partial charge in [0.15, 0.2) is 0 Å². The molecule has 1 rings (SSSR count). The first-order valence-electron chi connectivity index (χ1n) is 4.60. The van der Waals surface area contributed by atoms with E-state index in [1.165, 1.54) is 18.2 Å². The van der Waals surface area contributed by atoms with Gasteiger partial charge in [0.1, 0.15) is 0 Å². The first-order chi connectivity index (χ1) is 7.76. The number of carboxylic acid groups (broad SMARTS) is 2. The lowest BCUT2D eigenvalue weighted by atomic mass is 9.94. The maximum atomic E-state index is 11.7. The summed E-state index contributed by atoms with van der Waals surface area (Å²) in [4.78, 5) is 33.0. The van der Waals surface area contributed by atoms with Crippen molar-refractivity contribution >= 4 is 17.7 Å². The highest BCUT2D eigenvalue weighted by molar-refractivity contribution is 6.14. The van der Waals surface area contributed by atoms with E-state index in [0.29, 0.717) is 0 Å². The summed E-state index contributed by atoms with van der Waals surface area (Å²) in [5.41, 5.74) is -2.90. The summed E-state index contributed by atoms with van der Waals surface area (Å²) in [6.45, 7) is 0.838. The van der Waals surface area contributed by atoms with E-state index in [0.717, 1.165) is 13.0 Å². The molecule has 0 saturated heterocycles. The van der Waals surface area contributed by atoms with E-state index in [1.807, 2.05) is 0 Å². The summed E-state index contributed by atoms with van der Waals surface area (Å²) in [7, 11) is 0. The maximum Gasteiger partial charge on any atom is 0.343 e. The van der Waals surface area contributed by atoms with Crippen molar-refractivity contribution in [1.29, 1.82) is 0 Å². The van der Waals surface area contributed by atoms with Crippen molar-refractivity contribution in [3.05, 3.63) is 35.4 Å². The lowest BCUT2D eigenvalue weighted by molar-refractivity contribution is -0.151. The molecule has 0 aliphatic rings. The Labute approximate surface area is 96.1 Å². The summed E-state index contributed by atoms with van der Waals surface area (Å²) in [5.74, 6) is -3.99. The van der Waals surface area contributed by atoms with Gasteiger partial charge in [0.05, 0.1) is 5.56 Å². The number of ketones is 1. The Morgan fingerprint density at radius 3 is 2.12 bits per heavy atom. The van der Waals surface area contributed by atoms with Crippen LogP contribution >= 0.6 is 0 Å². The fourth-order valence-electron chi connectivity index (χ4n) is 1.17. The van der Waals surface area contributed by atoms with Crippen LogP contribution in [0.1, 0.15) is 27.6 Å². The summed E-state index contributed by atoms with van der Waals surface area (Å²) in [5, 5.41) is 26.8. The molecule has 0 heterocycles. The third-order valence-corrected chi connectivity index (χ3v) is 2.23. The fraction of sp³-hybridized carbons (Fsp3) is 0.182. The van der Waals surface area contributed by atoms with Crippen LogP contribution in [0, 0.1) is 0 Å². The molecule has 0 radical (unpaired) electrons. The van der Waals surface area contributed by atoms with E-state index in [1.54, 1.807) is 0 Å². The predicted octanol–water partition coefficient (Wildman–Crippen LogP) is 0.403. The Kier molecular flexibility index (Phi) is 3.28. The largest absolute Gasteiger partial charge is 0.479 e. The van der Waals surface area contributed by atoms with Crippen molar-refractivity contribution in [2.75, 3.05) is 0 Å². The van der Waals surface area contributed by atoms with Gasteiger partial charge < -0.3 is 15.3 Å². The van der Waals surface area contributed by atoms with Gasteiger partial charge in [0.25, 0.3) is 0 Å². The SMILES string of the molecule is CC(O)(C(=O)O)C(=O)c1cccc(C(=O)O)c1. The number of Topliss-reactive ketones (excluding diaryl/α,β-unsaturated/α-hetero) is 1. The minimum atomic E-state index is -2.57. The van der Waals surface area contributed by atoms with Crippen molar-refractivity contribution in [3.8, 4) is 0 Å². The zero-order valence-corrected chi connectivity index (χ0v) is 8.88. The van der Waals surface area contributed by atoms with Crippen LogP contribution in [0.4, 0.5) is 0 Å². The minimum Gasteiger partial charge on any atom is -0.479 e. The molecule has 0 bridgehead atoms. The van der Waals surface area contributed by atoms with Crippen molar-refractivity contribution in [2.24, 2.45) is 0 Å². The highest BCUT2D eigenvalue weighted by Gasteiger charge is 2.39. The fourth-order valence-corrected chi connectivity index (χ4v) is 1.17. The molecule has 1 atom stereocenters. The van der Waals surface area contributed by atoms with Crippen molar-refractivity contribution in [3.63, 3.8) is 0 Å². The molecule has 0 aromatic heterocycles. The van der Waals surface area contributed by atoms with Crippen molar-refractivity contribution < 1.29 is 29.7 Å². The smallest absolute Gasteiger partial charge is 0.343 e. The van der Waals surface area contributed by atoms with Gasteiger partial charge >= 0.3 is 11.9 Å². The first-order valence-corrected chi connectivity index (χ1v) is 4.60. The minimum absolute atomic E-state index is 0.156. The summed E-state index contributed by atoms with van der Waals surface area (Å²) >= 11 is 0. The number of aliphatic carboxylic acids is 1. The van der Waals surface area contributed by atoms with Gasteiger partial charge in [-0.2, -0.15) is 0 Å². The molecule has 0 saturated carbocycles. The van der Waals surface area contributed by atoms with Crippen LogP contribution < -0.4 is 0 Å². The number of aromatic carboxylic acids is 1. The van der Waals surface area contributed by atoms with E-state index in [4.69, 9.17) is 10.2 Å². The van der Waals surface area contributed by atoms with Crippen LogP contribution in [0.25, 0.3) is 0 Å². The van der Waals surface area contributed by atoms with Gasteiger partial charge in [-0.25, -0.2) is 9.59 Å². The van der Waals surface area contributed by atoms with Crippen molar-refractivity contribution in [2.45, 2.75) is 12.5 Å². The molecule has 0 aliphatic heterocycles. The molecular formula is C11H10O6. The Morgan fingerprint density at radius 2 is 1.65 bits per heavy atom. The van der Waals surface area contributed by atoms with Crippen LogP contribution in [0.2, 0.25) is 0 Å². The zero-order valence-electron chi connectivity index (χ0n) is 8.88. The van der Waals surface area contributed by atoms with Gasteiger partial charge in [-0.05, 0) is 19.1 Å². The standard InChI is InChI=1S/C11H10O6/c1-11(17,10(15)16)8(12)6-3-2-4-7(5-6)9(13)14/h2-5,17H,1H3,(H,13,14)(H,15,16). The normalized spacial score (nSPS) is 13.8. The molecule has 0 amide bonds. The predicted molar refractivity (Wildman–Crippen MR) is 56.0 cm³/mol. The molecule has 0 spiro atoms. The Bertz CT molecular complexity index is 488. The number of carbonyl (C=O) groups is 3. The second kappa shape index (κ2) is 4.34. The third kappa shape index (κ3) is 2.48. The zero-order chi connectivity index (χ0) is 13.2. The summed E-state index contributed by atoms with van der Waals surface area (Å²) < 4.78 is 0. The monoisotopic (exact) mass is 238 g/mol. The number of rotatable bonds is 4. The first kappa shape index (κ1) is 12.9. The summed E-state index contributed by atoms with van der Waals surface area (Å²) in [6, 6.07) is 4.82. The Balaban J connectivity index is 3.18. The van der Waals surface area contributed by atoms with E-state index in [-0.39, 0.29) is 11.1 Å². The lowest BCUT2D eigenvalue weighted by Crippen LogP contribution is -2.43. The number of hydrogen-bond acceptors (Lipinski definition) is 4. The van der Waals surface area contributed by atoms with Crippen molar-refractivity contribution in [1.82, 2.24) is 0 Å². The van der Waals surface area contributed by atoms with Crippen LogP contribution in [-0.2, 0) is 4.79 Å². The molecule has 6 nitrogen and oxygen atoms in total. The van der Waals surface area contributed by atoms with E-state index < -0.39 is 23.3 Å². The molecule has 6 heteroatoms. The van der Waals surface area contributed by atoms with Gasteiger partial charge in [-0.3, -0.25) is 4.79 Å². The van der Waals surface area contributed by atoms with Crippen LogP contribution in [-0.4, -0.2) is 38.6 Å². The van der Waals surface area contributed by atoms with Gasteiger partial charge in [-0.1, -0.05) is 12.1 Å². The van der Waals surface area contributed by atoms with Gasteiger partial charge in [0.2, 0.25) is 11.4 Å². The second-order valence-corrected chi connectivity index (χ2v) is 3.59. The molecule has 0 aliphatic carbocycles. The van der Waals surface area contributed by atoms with Gasteiger partial charge in [-0.15, -0.1) is 0 Å². The average molecular weight is 238 g/mol. The number of hydrogen-bond donors (Lipinski definition) is 3. The molecule has 1 unspecified atom stereocenters. The second-order valence-electron chi connectivity index (χ2n) is 3.59. The average Bonchev–Trinajstić information content (AvgIpc) is 2.27.